The Morgan fingerprint density at radius 1 is 1.25 bits per heavy atom. The highest BCUT2D eigenvalue weighted by Gasteiger charge is 2.45. The monoisotopic (exact) mass is 276 g/mol. The summed E-state index contributed by atoms with van der Waals surface area (Å²) in [4.78, 5) is 36.3. The average Bonchev–Trinajstić information content (AvgIpc) is 2.64. The second kappa shape index (κ2) is 4.31. The van der Waals surface area contributed by atoms with Gasteiger partial charge < -0.3 is 10.2 Å². The summed E-state index contributed by atoms with van der Waals surface area (Å²) in [6.07, 6.45) is -1.04. The normalized spacial score (nSPS) is 25.6. The number of carbonyl (C=O) groups is 3. The van der Waals surface area contributed by atoms with E-state index < -0.39 is 30.0 Å². The number of aromatic hydroxyl groups is 1. The topological polar surface area (TPSA) is 107 Å². The minimum Gasteiger partial charge on any atom is -0.507 e. The Balaban J connectivity index is 1.98. The Bertz CT molecular complexity index is 627. The summed E-state index contributed by atoms with van der Waals surface area (Å²) in [5.41, 5.74) is 0.268. The lowest BCUT2D eigenvalue weighted by Gasteiger charge is -2.31. The van der Waals surface area contributed by atoms with Crippen LogP contribution in [0.3, 0.4) is 0 Å². The lowest BCUT2D eigenvalue weighted by Crippen LogP contribution is -2.53. The molecular weight excluding hydrogens is 264 g/mol. The third kappa shape index (κ3) is 1.67. The molecule has 2 aliphatic rings. The molecule has 2 unspecified atom stereocenters. The molecule has 104 valence electrons. The third-order valence-electron chi connectivity index (χ3n) is 3.61. The molecule has 0 aliphatic carbocycles. The zero-order chi connectivity index (χ0) is 14.4. The molecule has 0 spiro atoms. The van der Waals surface area contributed by atoms with Crippen LogP contribution >= 0.6 is 0 Å². The van der Waals surface area contributed by atoms with Crippen molar-refractivity contribution in [1.29, 1.82) is 0 Å². The highest BCUT2D eigenvalue weighted by molar-refractivity contribution is 6.06. The van der Waals surface area contributed by atoms with Crippen LogP contribution in [0.25, 0.3) is 0 Å². The maximum Gasteiger partial charge on any atom is 0.261 e. The van der Waals surface area contributed by atoms with E-state index in [2.05, 4.69) is 5.32 Å². The van der Waals surface area contributed by atoms with Crippen molar-refractivity contribution in [3.05, 3.63) is 29.3 Å². The van der Waals surface area contributed by atoms with E-state index in [-0.39, 0.29) is 29.7 Å². The van der Waals surface area contributed by atoms with Crippen LogP contribution in [0.2, 0.25) is 0 Å². The van der Waals surface area contributed by atoms with Gasteiger partial charge in [0.05, 0.1) is 5.56 Å². The van der Waals surface area contributed by atoms with Crippen LogP contribution in [-0.4, -0.2) is 38.9 Å². The molecule has 1 fully saturated rings. The summed E-state index contributed by atoms with van der Waals surface area (Å²) in [6.45, 7) is 0. The SMILES string of the molecule is O=C1CCC(N2C(=O)c3c(O)cccc3C2O)C(=O)N1. The number of carbonyl (C=O) groups excluding carboxylic acids is 3. The van der Waals surface area contributed by atoms with Crippen LogP contribution in [0.4, 0.5) is 0 Å². The fraction of sp³-hybridized carbons (Fsp3) is 0.308. The minimum atomic E-state index is -1.30. The number of nitrogens with one attached hydrogen (secondary N) is 1. The quantitative estimate of drug-likeness (QED) is 0.607. The number of hydrogen-bond donors (Lipinski definition) is 3. The van der Waals surface area contributed by atoms with Gasteiger partial charge in [0, 0.05) is 12.0 Å². The number of fused-ring (bicyclic) bond motifs is 1. The number of amides is 3. The maximum atomic E-state index is 12.3. The summed E-state index contributed by atoms with van der Waals surface area (Å²) >= 11 is 0. The fourth-order valence-corrected chi connectivity index (χ4v) is 2.66. The number of phenols is 1. The van der Waals surface area contributed by atoms with Gasteiger partial charge in [0.2, 0.25) is 11.8 Å². The highest BCUT2D eigenvalue weighted by Crippen LogP contribution is 2.38. The van der Waals surface area contributed by atoms with Gasteiger partial charge in [0.15, 0.2) is 6.23 Å². The molecule has 0 radical (unpaired) electrons. The Labute approximate surface area is 113 Å². The summed E-state index contributed by atoms with van der Waals surface area (Å²) < 4.78 is 0. The van der Waals surface area contributed by atoms with Gasteiger partial charge in [-0.1, -0.05) is 12.1 Å². The maximum absolute atomic E-state index is 12.3. The van der Waals surface area contributed by atoms with Gasteiger partial charge in [-0.25, -0.2) is 0 Å². The average molecular weight is 276 g/mol. The van der Waals surface area contributed by atoms with Crippen molar-refractivity contribution in [1.82, 2.24) is 10.2 Å². The molecule has 3 amide bonds. The number of nitrogens with zero attached hydrogens (tertiary/aromatic N) is 1. The van der Waals surface area contributed by atoms with E-state index in [9.17, 15) is 24.6 Å². The van der Waals surface area contributed by atoms with Crippen molar-refractivity contribution in [2.24, 2.45) is 0 Å². The number of hydrogen-bond acceptors (Lipinski definition) is 5. The zero-order valence-electron chi connectivity index (χ0n) is 10.4. The van der Waals surface area contributed by atoms with E-state index in [4.69, 9.17) is 0 Å². The lowest BCUT2D eigenvalue weighted by molar-refractivity contribution is -0.139. The van der Waals surface area contributed by atoms with Crippen LogP contribution in [0.1, 0.15) is 35.0 Å². The molecule has 1 aromatic carbocycles. The lowest BCUT2D eigenvalue weighted by atomic mass is 10.0. The van der Waals surface area contributed by atoms with Crippen molar-refractivity contribution in [2.45, 2.75) is 25.1 Å². The molecular formula is C13H12N2O5. The van der Waals surface area contributed by atoms with E-state index in [0.717, 1.165) is 4.90 Å². The summed E-state index contributed by atoms with van der Waals surface area (Å²) in [5, 5.41) is 22.1. The Hall–Kier alpha value is -2.41. The van der Waals surface area contributed by atoms with Crippen LogP contribution < -0.4 is 5.32 Å². The summed E-state index contributed by atoms with van der Waals surface area (Å²) in [5.74, 6) is -1.85. The van der Waals surface area contributed by atoms with Crippen molar-refractivity contribution >= 4 is 17.7 Å². The Morgan fingerprint density at radius 2 is 2.00 bits per heavy atom. The van der Waals surface area contributed by atoms with Crippen molar-refractivity contribution in [3.8, 4) is 5.75 Å². The zero-order valence-corrected chi connectivity index (χ0v) is 10.4. The molecule has 1 aromatic rings. The molecule has 20 heavy (non-hydrogen) atoms. The van der Waals surface area contributed by atoms with Crippen LogP contribution in [0, 0.1) is 0 Å². The highest BCUT2D eigenvalue weighted by atomic mass is 16.3. The number of piperidine rings is 1. The van der Waals surface area contributed by atoms with Crippen molar-refractivity contribution in [2.75, 3.05) is 0 Å². The van der Waals surface area contributed by atoms with Gasteiger partial charge in [-0.3, -0.25) is 24.6 Å². The smallest absolute Gasteiger partial charge is 0.261 e. The van der Waals surface area contributed by atoms with Crippen LogP contribution in [0.15, 0.2) is 18.2 Å². The summed E-state index contributed by atoms with van der Waals surface area (Å²) in [7, 11) is 0. The molecule has 2 aliphatic heterocycles. The summed E-state index contributed by atoms with van der Waals surface area (Å²) in [6, 6.07) is 3.46. The largest absolute Gasteiger partial charge is 0.507 e. The van der Waals surface area contributed by atoms with Crippen LogP contribution in [-0.2, 0) is 9.59 Å². The molecule has 0 bridgehead atoms. The first kappa shape index (κ1) is 12.6. The molecule has 3 N–H and O–H groups in total. The van der Waals surface area contributed by atoms with Crippen LogP contribution in [0.5, 0.6) is 5.75 Å². The van der Waals surface area contributed by atoms with Gasteiger partial charge in [-0.2, -0.15) is 0 Å². The Kier molecular flexibility index (Phi) is 2.72. The van der Waals surface area contributed by atoms with E-state index in [1.54, 1.807) is 0 Å². The number of phenolic OH excluding ortho intramolecular Hbond substituents is 1. The van der Waals surface area contributed by atoms with Gasteiger partial charge in [-0.05, 0) is 12.5 Å². The molecule has 2 atom stereocenters. The number of rotatable bonds is 1. The van der Waals surface area contributed by atoms with Gasteiger partial charge in [-0.15, -0.1) is 0 Å². The molecule has 7 heteroatoms. The molecule has 1 saturated heterocycles. The second-order valence-corrected chi connectivity index (χ2v) is 4.79. The minimum absolute atomic E-state index is 0.00435. The van der Waals surface area contributed by atoms with Gasteiger partial charge in [0.25, 0.3) is 5.91 Å². The third-order valence-corrected chi connectivity index (χ3v) is 3.61. The second-order valence-electron chi connectivity index (χ2n) is 4.79. The number of imide groups is 1. The molecule has 0 aromatic heterocycles. The molecule has 0 saturated carbocycles. The van der Waals surface area contributed by atoms with E-state index >= 15 is 0 Å². The fourth-order valence-electron chi connectivity index (χ4n) is 2.66. The Morgan fingerprint density at radius 3 is 2.65 bits per heavy atom. The molecule has 2 heterocycles. The van der Waals surface area contributed by atoms with E-state index in [1.165, 1.54) is 18.2 Å². The standard InChI is InChI=1S/C13H12N2O5/c16-8-3-1-2-6-10(8)13(20)15(12(6)19)7-4-5-9(17)14-11(7)18/h1-3,7,12,16,19H,4-5H2,(H,14,17,18). The van der Waals surface area contributed by atoms with Gasteiger partial charge >= 0.3 is 0 Å². The van der Waals surface area contributed by atoms with E-state index in [0.29, 0.717) is 0 Å². The number of benzene rings is 1. The van der Waals surface area contributed by atoms with Gasteiger partial charge in [0.1, 0.15) is 11.8 Å². The predicted molar refractivity (Wildman–Crippen MR) is 65.4 cm³/mol. The van der Waals surface area contributed by atoms with E-state index in [1.807, 2.05) is 0 Å². The van der Waals surface area contributed by atoms with Crippen molar-refractivity contribution < 1.29 is 24.6 Å². The first-order valence-electron chi connectivity index (χ1n) is 6.17. The number of aliphatic hydroxyl groups excluding tert-OH is 1. The number of aliphatic hydroxyl groups is 1. The molecule has 7 nitrogen and oxygen atoms in total. The van der Waals surface area contributed by atoms with Crippen molar-refractivity contribution in [3.63, 3.8) is 0 Å². The first-order chi connectivity index (χ1) is 9.50. The first-order valence-corrected chi connectivity index (χ1v) is 6.17. The predicted octanol–water partition coefficient (Wildman–Crippen LogP) is -0.356. The molecule has 3 rings (SSSR count).